The SMILES string of the molecule is C=N/C(NC(CN)CC(C)C)=C(F)\C=C(/c1ccc2c(cnn2C)c1)C(C)CCC. The molecule has 2 atom stereocenters. The van der Waals surface area contributed by atoms with E-state index in [9.17, 15) is 0 Å². The molecule has 0 spiro atoms. The minimum Gasteiger partial charge on any atom is -0.364 e. The first-order valence-electron chi connectivity index (χ1n) is 10.8. The van der Waals surface area contributed by atoms with E-state index >= 15 is 4.39 Å². The first-order valence-corrected chi connectivity index (χ1v) is 10.8. The van der Waals surface area contributed by atoms with Gasteiger partial charge in [0.05, 0.1) is 11.7 Å². The van der Waals surface area contributed by atoms with Crippen LogP contribution in [0.5, 0.6) is 0 Å². The Kier molecular flexibility index (Phi) is 8.78. The van der Waals surface area contributed by atoms with Gasteiger partial charge in [0.2, 0.25) is 0 Å². The molecule has 0 bridgehead atoms. The van der Waals surface area contributed by atoms with Gasteiger partial charge in [0, 0.05) is 25.0 Å². The highest BCUT2D eigenvalue weighted by Crippen LogP contribution is 2.31. The molecule has 6 heteroatoms. The Morgan fingerprint density at radius 1 is 1.37 bits per heavy atom. The van der Waals surface area contributed by atoms with Crippen molar-refractivity contribution in [2.24, 2.45) is 29.6 Å². The van der Waals surface area contributed by atoms with E-state index in [2.05, 4.69) is 55.9 Å². The summed E-state index contributed by atoms with van der Waals surface area (Å²) in [5.41, 5.74) is 8.85. The van der Waals surface area contributed by atoms with Crippen LogP contribution in [-0.2, 0) is 7.05 Å². The highest BCUT2D eigenvalue weighted by atomic mass is 19.1. The Bertz CT molecular complexity index is 909. The van der Waals surface area contributed by atoms with Crippen LogP contribution in [0.25, 0.3) is 16.5 Å². The Morgan fingerprint density at radius 2 is 2.10 bits per heavy atom. The Morgan fingerprint density at radius 3 is 2.70 bits per heavy atom. The van der Waals surface area contributed by atoms with Crippen molar-refractivity contribution in [2.45, 2.75) is 53.0 Å². The van der Waals surface area contributed by atoms with Crippen molar-refractivity contribution in [3.05, 3.63) is 47.7 Å². The third-order valence-corrected chi connectivity index (χ3v) is 5.38. The third kappa shape index (κ3) is 6.02. The zero-order valence-corrected chi connectivity index (χ0v) is 19.0. The molecular formula is C24H36FN5. The summed E-state index contributed by atoms with van der Waals surface area (Å²) in [7, 11) is 1.92. The second kappa shape index (κ2) is 11.1. The molecule has 1 aromatic carbocycles. The molecule has 1 heterocycles. The highest BCUT2D eigenvalue weighted by Gasteiger charge is 2.16. The number of hydrogen-bond donors (Lipinski definition) is 2. The van der Waals surface area contributed by atoms with Crippen LogP contribution in [0.3, 0.4) is 0 Å². The summed E-state index contributed by atoms with van der Waals surface area (Å²) >= 11 is 0. The maximum atomic E-state index is 15.3. The molecule has 0 radical (unpaired) electrons. The van der Waals surface area contributed by atoms with Gasteiger partial charge >= 0.3 is 0 Å². The van der Waals surface area contributed by atoms with E-state index in [1.165, 1.54) is 0 Å². The molecule has 0 fully saturated rings. The molecule has 164 valence electrons. The van der Waals surface area contributed by atoms with Gasteiger partial charge in [0.25, 0.3) is 0 Å². The van der Waals surface area contributed by atoms with E-state index in [0.29, 0.717) is 12.5 Å². The minimum absolute atomic E-state index is 0.0482. The summed E-state index contributed by atoms with van der Waals surface area (Å²) < 4.78 is 17.1. The first-order chi connectivity index (χ1) is 14.3. The predicted octanol–water partition coefficient (Wildman–Crippen LogP) is 5.20. The van der Waals surface area contributed by atoms with E-state index in [1.54, 1.807) is 6.08 Å². The molecule has 0 aliphatic carbocycles. The van der Waals surface area contributed by atoms with Crippen molar-refractivity contribution in [1.29, 1.82) is 0 Å². The smallest absolute Gasteiger partial charge is 0.165 e. The number of aryl methyl sites for hydroxylation is 1. The van der Waals surface area contributed by atoms with E-state index in [-0.39, 0.29) is 17.8 Å². The number of allylic oxidation sites excluding steroid dienone is 3. The zero-order valence-electron chi connectivity index (χ0n) is 19.0. The third-order valence-electron chi connectivity index (χ3n) is 5.38. The second-order valence-corrected chi connectivity index (χ2v) is 8.39. The summed E-state index contributed by atoms with van der Waals surface area (Å²) in [6, 6.07) is 6.09. The Hall–Kier alpha value is -2.47. The molecular weight excluding hydrogens is 377 g/mol. The number of aliphatic imine (C=N–C) groups is 1. The fraction of sp³-hybridized carbons (Fsp3) is 0.500. The molecule has 2 aromatic rings. The van der Waals surface area contributed by atoms with Gasteiger partial charge in [-0.15, -0.1) is 0 Å². The van der Waals surface area contributed by atoms with Crippen LogP contribution < -0.4 is 11.1 Å². The molecule has 0 saturated heterocycles. The van der Waals surface area contributed by atoms with Crippen molar-refractivity contribution < 1.29 is 4.39 Å². The Labute approximate surface area is 179 Å². The molecule has 0 amide bonds. The average molecular weight is 414 g/mol. The van der Waals surface area contributed by atoms with E-state index < -0.39 is 5.83 Å². The number of fused-ring (bicyclic) bond motifs is 1. The van der Waals surface area contributed by atoms with E-state index in [4.69, 9.17) is 5.73 Å². The van der Waals surface area contributed by atoms with Crippen LogP contribution in [-0.4, -0.2) is 29.1 Å². The fourth-order valence-electron chi connectivity index (χ4n) is 3.81. The number of nitrogens with one attached hydrogen (secondary N) is 1. The van der Waals surface area contributed by atoms with Crippen LogP contribution in [0.2, 0.25) is 0 Å². The molecule has 3 N–H and O–H groups in total. The number of benzene rings is 1. The standard InChI is InChI=1S/C24H36FN5/c1-7-8-17(4)21(18-9-10-23-19(12-18)15-28-30(23)6)13-22(25)24(27-5)29-20(14-26)11-16(2)3/h9-10,12-13,15-17,20,29H,5,7-8,11,14,26H2,1-4,6H3/b21-13-,24-22-. The lowest BCUT2D eigenvalue weighted by atomic mass is 9.89. The number of aromatic nitrogens is 2. The van der Waals surface area contributed by atoms with Crippen LogP contribution in [0.15, 0.2) is 47.1 Å². The van der Waals surface area contributed by atoms with Gasteiger partial charge in [-0.25, -0.2) is 9.38 Å². The zero-order chi connectivity index (χ0) is 22.3. The van der Waals surface area contributed by atoms with Gasteiger partial charge in [-0.1, -0.05) is 40.2 Å². The summed E-state index contributed by atoms with van der Waals surface area (Å²) in [4.78, 5) is 3.92. The van der Waals surface area contributed by atoms with Crippen LogP contribution in [0.4, 0.5) is 4.39 Å². The van der Waals surface area contributed by atoms with Gasteiger partial charge in [0.1, 0.15) is 0 Å². The average Bonchev–Trinajstić information content (AvgIpc) is 3.09. The van der Waals surface area contributed by atoms with Gasteiger partial charge in [0.15, 0.2) is 11.6 Å². The number of nitrogens with two attached hydrogens (primary N) is 1. The lowest BCUT2D eigenvalue weighted by molar-refractivity contribution is 0.444. The lowest BCUT2D eigenvalue weighted by Gasteiger charge is -2.21. The van der Waals surface area contributed by atoms with Crippen LogP contribution in [0.1, 0.15) is 52.5 Å². The number of nitrogens with zero attached hydrogens (tertiary/aromatic N) is 3. The minimum atomic E-state index is -0.420. The fourth-order valence-corrected chi connectivity index (χ4v) is 3.81. The monoisotopic (exact) mass is 413 g/mol. The first kappa shape index (κ1) is 23.8. The number of hydrogen-bond acceptors (Lipinski definition) is 4. The number of rotatable bonds is 11. The maximum absolute atomic E-state index is 15.3. The van der Waals surface area contributed by atoms with E-state index in [0.717, 1.165) is 41.3 Å². The quantitative estimate of drug-likeness (QED) is 0.393. The van der Waals surface area contributed by atoms with Crippen LogP contribution >= 0.6 is 0 Å². The molecule has 1 aromatic heterocycles. The lowest BCUT2D eigenvalue weighted by Crippen LogP contribution is -2.36. The Balaban J connectivity index is 2.46. The molecule has 2 unspecified atom stereocenters. The van der Waals surface area contributed by atoms with Gasteiger partial charge in [-0.2, -0.15) is 5.10 Å². The summed E-state index contributed by atoms with van der Waals surface area (Å²) in [5, 5.41) is 8.49. The second-order valence-electron chi connectivity index (χ2n) is 8.39. The summed E-state index contributed by atoms with van der Waals surface area (Å²) in [6.45, 7) is 12.5. The predicted molar refractivity (Wildman–Crippen MR) is 126 cm³/mol. The summed E-state index contributed by atoms with van der Waals surface area (Å²) in [5.74, 6) is 0.371. The van der Waals surface area contributed by atoms with Crippen molar-refractivity contribution in [1.82, 2.24) is 15.1 Å². The molecule has 0 aliphatic rings. The molecule has 2 rings (SSSR count). The van der Waals surface area contributed by atoms with E-state index in [1.807, 2.05) is 30.1 Å². The van der Waals surface area contributed by atoms with Gasteiger partial charge in [-0.05, 0) is 60.7 Å². The van der Waals surface area contributed by atoms with Crippen molar-refractivity contribution >= 4 is 23.2 Å². The summed E-state index contributed by atoms with van der Waals surface area (Å²) in [6.07, 6.45) is 6.25. The molecule has 5 nitrogen and oxygen atoms in total. The largest absolute Gasteiger partial charge is 0.364 e. The highest BCUT2D eigenvalue weighted by molar-refractivity contribution is 5.84. The maximum Gasteiger partial charge on any atom is 0.165 e. The van der Waals surface area contributed by atoms with Crippen molar-refractivity contribution in [3.63, 3.8) is 0 Å². The number of halogens is 1. The molecule has 0 aliphatic heterocycles. The van der Waals surface area contributed by atoms with Gasteiger partial charge < -0.3 is 11.1 Å². The van der Waals surface area contributed by atoms with Crippen LogP contribution in [0, 0.1) is 11.8 Å². The van der Waals surface area contributed by atoms with Crippen molar-refractivity contribution in [2.75, 3.05) is 6.54 Å². The normalized spacial score (nSPS) is 15.3. The molecule has 30 heavy (non-hydrogen) atoms. The molecule has 0 saturated carbocycles. The van der Waals surface area contributed by atoms with Gasteiger partial charge in [-0.3, -0.25) is 4.68 Å². The van der Waals surface area contributed by atoms with Crippen molar-refractivity contribution in [3.8, 4) is 0 Å². The topological polar surface area (TPSA) is 68.2 Å².